The standard InChI is InChI=1S/C15H33NO4S/c1-4-5-6-7-8-9-10-11-13-19-21(17,18)20-14-12-15(2,3)16/h4-14,16H2,1-3H3. The summed E-state index contributed by atoms with van der Waals surface area (Å²) in [4.78, 5) is 0. The summed E-state index contributed by atoms with van der Waals surface area (Å²) in [6.07, 6.45) is 9.69. The highest BCUT2D eigenvalue weighted by atomic mass is 32.3. The molecular weight excluding hydrogens is 290 g/mol. The molecule has 128 valence electrons. The molecule has 0 aliphatic heterocycles. The van der Waals surface area contributed by atoms with Crippen molar-refractivity contribution in [3.05, 3.63) is 0 Å². The second-order valence-electron chi connectivity index (χ2n) is 6.27. The zero-order valence-corrected chi connectivity index (χ0v) is 14.7. The van der Waals surface area contributed by atoms with Crippen molar-refractivity contribution in [2.24, 2.45) is 5.73 Å². The van der Waals surface area contributed by atoms with E-state index in [1.54, 1.807) is 0 Å². The smallest absolute Gasteiger partial charge is 0.325 e. The minimum absolute atomic E-state index is 0.0588. The van der Waals surface area contributed by atoms with Crippen molar-refractivity contribution in [2.75, 3.05) is 13.2 Å². The third-order valence-electron chi connectivity index (χ3n) is 3.20. The Labute approximate surface area is 130 Å². The molecule has 6 heteroatoms. The molecule has 21 heavy (non-hydrogen) atoms. The van der Waals surface area contributed by atoms with Crippen LogP contribution in [0, 0.1) is 0 Å². The van der Waals surface area contributed by atoms with Crippen LogP contribution in [-0.4, -0.2) is 27.2 Å². The second kappa shape index (κ2) is 11.4. The van der Waals surface area contributed by atoms with Crippen LogP contribution in [0.25, 0.3) is 0 Å². The van der Waals surface area contributed by atoms with E-state index in [-0.39, 0.29) is 13.2 Å². The Morgan fingerprint density at radius 3 is 1.86 bits per heavy atom. The quantitative estimate of drug-likeness (QED) is 0.495. The average molecular weight is 323 g/mol. The van der Waals surface area contributed by atoms with Gasteiger partial charge in [-0.1, -0.05) is 51.9 Å². The van der Waals surface area contributed by atoms with Crippen LogP contribution in [0.5, 0.6) is 0 Å². The third kappa shape index (κ3) is 16.0. The van der Waals surface area contributed by atoms with Crippen LogP contribution in [-0.2, 0) is 18.8 Å². The zero-order chi connectivity index (χ0) is 16.2. The van der Waals surface area contributed by atoms with E-state index in [0.717, 1.165) is 19.3 Å². The van der Waals surface area contributed by atoms with Crippen molar-refractivity contribution < 1.29 is 16.8 Å². The normalized spacial score (nSPS) is 12.8. The molecule has 0 atom stereocenters. The van der Waals surface area contributed by atoms with Gasteiger partial charge < -0.3 is 5.73 Å². The summed E-state index contributed by atoms with van der Waals surface area (Å²) in [6, 6.07) is 0. The van der Waals surface area contributed by atoms with E-state index in [1.165, 1.54) is 32.1 Å². The van der Waals surface area contributed by atoms with Gasteiger partial charge >= 0.3 is 10.4 Å². The Hall–Kier alpha value is -0.170. The number of rotatable bonds is 14. The van der Waals surface area contributed by atoms with E-state index in [2.05, 4.69) is 6.92 Å². The molecule has 0 aromatic heterocycles. The maximum absolute atomic E-state index is 11.4. The number of hydrogen-bond donors (Lipinski definition) is 1. The first-order valence-corrected chi connectivity index (χ1v) is 9.43. The predicted octanol–water partition coefficient (Wildman–Crippen LogP) is 3.53. The van der Waals surface area contributed by atoms with Crippen molar-refractivity contribution >= 4 is 10.4 Å². The molecule has 2 N–H and O–H groups in total. The molecule has 5 nitrogen and oxygen atoms in total. The average Bonchev–Trinajstić information content (AvgIpc) is 2.35. The summed E-state index contributed by atoms with van der Waals surface area (Å²) in [6.45, 7) is 6.11. The zero-order valence-electron chi connectivity index (χ0n) is 13.9. The molecular formula is C15H33NO4S. The fourth-order valence-electron chi connectivity index (χ4n) is 1.84. The van der Waals surface area contributed by atoms with Crippen molar-refractivity contribution in [1.29, 1.82) is 0 Å². The topological polar surface area (TPSA) is 78.6 Å². The molecule has 0 rings (SSSR count). The maximum Gasteiger partial charge on any atom is 0.399 e. The lowest BCUT2D eigenvalue weighted by Crippen LogP contribution is -2.33. The van der Waals surface area contributed by atoms with E-state index in [9.17, 15) is 8.42 Å². The Morgan fingerprint density at radius 1 is 0.857 bits per heavy atom. The summed E-state index contributed by atoms with van der Waals surface area (Å²) in [7, 11) is -3.86. The van der Waals surface area contributed by atoms with Gasteiger partial charge in [-0.3, -0.25) is 0 Å². The van der Waals surface area contributed by atoms with Gasteiger partial charge in [0.2, 0.25) is 0 Å². The Morgan fingerprint density at radius 2 is 1.33 bits per heavy atom. The van der Waals surface area contributed by atoms with Crippen LogP contribution < -0.4 is 5.73 Å². The van der Waals surface area contributed by atoms with Gasteiger partial charge in [-0.2, -0.15) is 8.42 Å². The lowest BCUT2D eigenvalue weighted by Gasteiger charge is -2.17. The van der Waals surface area contributed by atoms with E-state index in [4.69, 9.17) is 14.1 Å². The van der Waals surface area contributed by atoms with E-state index in [0.29, 0.717) is 6.42 Å². The van der Waals surface area contributed by atoms with Gasteiger partial charge in [-0.15, -0.1) is 0 Å². The van der Waals surface area contributed by atoms with Gasteiger partial charge in [0.25, 0.3) is 0 Å². The van der Waals surface area contributed by atoms with Crippen LogP contribution in [0.2, 0.25) is 0 Å². The fourth-order valence-corrected chi connectivity index (χ4v) is 2.52. The van der Waals surface area contributed by atoms with Crippen LogP contribution in [0.4, 0.5) is 0 Å². The first kappa shape index (κ1) is 20.8. The highest BCUT2D eigenvalue weighted by molar-refractivity contribution is 7.81. The molecule has 0 spiro atoms. The highest BCUT2D eigenvalue weighted by Gasteiger charge is 2.15. The van der Waals surface area contributed by atoms with Crippen molar-refractivity contribution in [3.8, 4) is 0 Å². The molecule has 0 radical (unpaired) electrons. The third-order valence-corrected chi connectivity index (χ3v) is 4.11. The first-order chi connectivity index (χ1) is 9.77. The highest BCUT2D eigenvalue weighted by Crippen LogP contribution is 2.10. The van der Waals surface area contributed by atoms with Crippen molar-refractivity contribution in [1.82, 2.24) is 0 Å². The number of unbranched alkanes of at least 4 members (excludes halogenated alkanes) is 7. The monoisotopic (exact) mass is 323 g/mol. The van der Waals surface area contributed by atoms with Crippen LogP contribution in [0.1, 0.15) is 78.6 Å². The van der Waals surface area contributed by atoms with Crippen molar-refractivity contribution in [2.45, 2.75) is 84.1 Å². The van der Waals surface area contributed by atoms with E-state index < -0.39 is 15.9 Å². The molecule has 0 saturated heterocycles. The van der Waals surface area contributed by atoms with E-state index in [1.807, 2.05) is 13.8 Å². The second-order valence-corrected chi connectivity index (χ2v) is 7.55. The predicted molar refractivity (Wildman–Crippen MR) is 86.3 cm³/mol. The Kier molecular flexibility index (Phi) is 11.3. The molecule has 0 heterocycles. The molecule has 0 aromatic rings. The van der Waals surface area contributed by atoms with Crippen LogP contribution in [0.15, 0.2) is 0 Å². The molecule has 0 fully saturated rings. The minimum Gasteiger partial charge on any atom is -0.325 e. The summed E-state index contributed by atoms with van der Waals surface area (Å²) >= 11 is 0. The molecule has 0 amide bonds. The summed E-state index contributed by atoms with van der Waals surface area (Å²) < 4.78 is 32.4. The SMILES string of the molecule is CCCCCCCCCCOS(=O)(=O)OCCC(C)(C)N. The number of hydrogen-bond acceptors (Lipinski definition) is 5. The van der Waals surface area contributed by atoms with Gasteiger partial charge in [0.15, 0.2) is 0 Å². The van der Waals surface area contributed by atoms with Gasteiger partial charge in [-0.05, 0) is 26.7 Å². The molecule has 0 saturated carbocycles. The number of nitrogens with two attached hydrogens (primary N) is 1. The molecule has 0 aliphatic rings. The fraction of sp³-hybridized carbons (Fsp3) is 1.00. The molecule has 0 unspecified atom stereocenters. The maximum atomic E-state index is 11.4. The Balaban J connectivity index is 3.49. The summed E-state index contributed by atoms with van der Waals surface area (Å²) in [5.74, 6) is 0. The molecule has 0 bridgehead atoms. The lowest BCUT2D eigenvalue weighted by molar-refractivity contribution is 0.199. The van der Waals surface area contributed by atoms with Crippen LogP contribution in [0.3, 0.4) is 0 Å². The molecule has 0 aromatic carbocycles. The van der Waals surface area contributed by atoms with Crippen LogP contribution >= 0.6 is 0 Å². The van der Waals surface area contributed by atoms with E-state index >= 15 is 0 Å². The summed E-state index contributed by atoms with van der Waals surface area (Å²) in [5, 5.41) is 0. The summed E-state index contributed by atoms with van der Waals surface area (Å²) in [5.41, 5.74) is 5.31. The molecule has 0 aliphatic carbocycles. The van der Waals surface area contributed by atoms with Gasteiger partial charge in [0.1, 0.15) is 0 Å². The lowest BCUT2D eigenvalue weighted by atomic mass is 10.0. The van der Waals surface area contributed by atoms with Crippen molar-refractivity contribution in [3.63, 3.8) is 0 Å². The Bertz CT molecular complexity index is 336. The van der Waals surface area contributed by atoms with Gasteiger partial charge in [-0.25, -0.2) is 8.37 Å². The first-order valence-electron chi connectivity index (χ1n) is 8.09. The largest absolute Gasteiger partial charge is 0.399 e. The minimum atomic E-state index is -3.86. The van der Waals surface area contributed by atoms with Gasteiger partial charge in [0.05, 0.1) is 13.2 Å². The van der Waals surface area contributed by atoms with Gasteiger partial charge in [0, 0.05) is 5.54 Å².